The molecule has 1 saturated heterocycles. The molecular formula is C9H17NO2S. The molecule has 76 valence electrons. The molecule has 0 spiro atoms. The predicted molar refractivity (Wildman–Crippen MR) is 55.1 cm³/mol. The van der Waals surface area contributed by atoms with Crippen molar-refractivity contribution in [3.05, 3.63) is 0 Å². The molecule has 1 unspecified atom stereocenters. The van der Waals surface area contributed by atoms with Gasteiger partial charge < -0.3 is 9.64 Å². The van der Waals surface area contributed by atoms with E-state index < -0.39 is 0 Å². The van der Waals surface area contributed by atoms with Crippen LogP contribution in [0.15, 0.2) is 0 Å². The number of hydrogen-bond acceptors (Lipinski definition) is 3. The maximum atomic E-state index is 11.6. The molecule has 0 bridgehead atoms. The van der Waals surface area contributed by atoms with Crippen LogP contribution in [0.2, 0.25) is 0 Å². The van der Waals surface area contributed by atoms with Gasteiger partial charge in [-0.1, -0.05) is 0 Å². The summed E-state index contributed by atoms with van der Waals surface area (Å²) >= 11 is 4.06. The highest BCUT2D eigenvalue weighted by atomic mass is 32.1. The molecule has 0 aromatic carbocycles. The van der Waals surface area contributed by atoms with Crippen LogP contribution in [0.5, 0.6) is 0 Å². The molecule has 1 amide bonds. The molecule has 1 atom stereocenters. The smallest absolute Gasteiger partial charge is 0.223 e. The normalized spacial score (nSPS) is 24.2. The third-order valence-electron chi connectivity index (χ3n) is 2.22. The molecule has 0 aromatic heterocycles. The molecule has 1 heterocycles. The summed E-state index contributed by atoms with van der Waals surface area (Å²) in [7, 11) is 0. The maximum absolute atomic E-state index is 11.6. The summed E-state index contributed by atoms with van der Waals surface area (Å²) in [4.78, 5) is 13.5. The van der Waals surface area contributed by atoms with Gasteiger partial charge in [0, 0.05) is 19.6 Å². The number of rotatable bonds is 2. The first-order valence-corrected chi connectivity index (χ1v) is 5.37. The van der Waals surface area contributed by atoms with Gasteiger partial charge in [-0.05, 0) is 19.1 Å². The van der Waals surface area contributed by atoms with Crippen molar-refractivity contribution >= 4 is 18.5 Å². The van der Waals surface area contributed by atoms with Crippen molar-refractivity contribution in [2.45, 2.75) is 25.8 Å². The highest BCUT2D eigenvalue weighted by Crippen LogP contribution is 2.08. The molecule has 0 N–H and O–H groups in total. The number of thiol groups is 1. The fourth-order valence-electron chi connectivity index (χ4n) is 1.51. The Balaban J connectivity index is 2.48. The molecule has 4 heteroatoms. The minimum atomic E-state index is 0.202. The second-order valence-corrected chi connectivity index (χ2v) is 3.79. The molecule has 0 aromatic rings. The van der Waals surface area contributed by atoms with Crippen LogP contribution in [0.1, 0.15) is 19.8 Å². The lowest BCUT2D eigenvalue weighted by Crippen LogP contribution is -2.40. The standard InChI is InChI=1S/C9H17NO2S/c1-8-7-12-5-2-4-10(8)9(11)3-6-13/h8,13H,2-7H2,1H3. The summed E-state index contributed by atoms with van der Waals surface area (Å²) in [5, 5.41) is 0. The highest BCUT2D eigenvalue weighted by Gasteiger charge is 2.21. The Morgan fingerprint density at radius 1 is 1.69 bits per heavy atom. The van der Waals surface area contributed by atoms with Crippen LogP contribution in [0.4, 0.5) is 0 Å². The lowest BCUT2D eigenvalue weighted by atomic mass is 10.2. The van der Waals surface area contributed by atoms with E-state index in [9.17, 15) is 4.79 Å². The van der Waals surface area contributed by atoms with E-state index in [4.69, 9.17) is 4.74 Å². The van der Waals surface area contributed by atoms with E-state index in [0.717, 1.165) is 19.6 Å². The van der Waals surface area contributed by atoms with Crippen molar-refractivity contribution in [3.63, 3.8) is 0 Å². The van der Waals surface area contributed by atoms with Crippen LogP contribution in [-0.2, 0) is 9.53 Å². The van der Waals surface area contributed by atoms with Gasteiger partial charge in [-0.25, -0.2) is 0 Å². The van der Waals surface area contributed by atoms with E-state index in [0.29, 0.717) is 18.8 Å². The largest absolute Gasteiger partial charge is 0.379 e. The third-order valence-corrected chi connectivity index (χ3v) is 2.45. The number of ether oxygens (including phenoxy) is 1. The second kappa shape index (κ2) is 5.50. The lowest BCUT2D eigenvalue weighted by Gasteiger charge is -2.26. The molecular weight excluding hydrogens is 186 g/mol. The van der Waals surface area contributed by atoms with Crippen molar-refractivity contribution in [1.82, 2.24) is 4.90 Å². The summed E-state index contributed by atoms with van der Waals surface area (Å²) in [6.45, 7) is 4.29. The van der Waals surface area contributed by atoms with E-state index in [1.54, 1.807) is 0 Å². The molecule has 13 heavy (non-hydrogen) atoms. The Labute approximate surface area is 84.8 Å². The van der Waals surface area contributed by atoms with Crippen molar-refractivity contribution in [1.29, 1.82) is 0 Å². The molecule has 0 radical (unpaired) electrons. The summed E-state index contributed by atoms with van der Waals surface area (Å²) in [5.74, 6) is 0.830. The lowest BCUT2D eigenvalue weighted by molar-refractivity contribution is -0.132. The zero-order chi connectivity index (χ0) is 9.68. The number of carbonyl (C=O) groups is 1. The Hall–Kier alpha value is -0.220. The van der Waals surface area contributed by atoms with Gasteiger partial charge in [-0.15, -0.1) is 0 Å². The van der Waals surface area contributed by atoms with Crippen LogP contribution in [0.25, 0.3) is 0 Å². The number of amides is 1. The minimum absolute atomic E-state index is 0.202. The average Bonchev–Trinajstić information content (AvgIpc) is 2.30. The Morgan fingerprint density at radius 3 is 3.15 bits per heavy atom. The van der Waals surface area contributed by atoms with Gasteiger partial charge in [-0.3, -0.25) is 4.79 Å². The first-order valence-electron chi connectivity index (χ1n) is 4.73. The summed E-state index contributed by atoms with van der Waals surface area (Å²) < 4.78 is 5.35. The van der Waals surface area contributed by atoms with E-state index in [1.165, 1.54) is 0 Å². The maximum Gasteiger partial charge on any atom is 0.223 e. The SMILES string of the molecule is CC1COCCCN1C(=O)CCS. The van der Waals surface area contributed by atoms with Gasteiger partial charge in [0.2, 0.25) is 5.91 Å². The summed E-state index contributed by atoms with van der Waals surface area (Å²) in [6.07, 6.45) is 1.48. The number of carbonyl (C=O) groups excluding carboxylic acids is 1. The quantitative estimate of drug-likeness (QED) is 0.677. The monoisotopic (exact) mass is 203 g/mol. The van der Waals surface area contributed by atoms with Crippen LogP contribution < -0.4 is 0 Å². The van der Waals surface area contributed by atoms with E-state index in [2.05, 4.69) is 12.6 Å². The van der Waals surface area contributed by atoms with E-state index >= 15 is 0 Å². The van der Waals surface area contributed by atoms with Crippen molar-refractivity contribution in [3.8, 4) is 0 Å². The van der Waals surface area contributed by atoms with Crippen LogP contribution in [0, 0.1) is 0 Å². The van der Waals surface area contributed by atoms with E-state index in [-0.39, 0.29) is 11.9 Å². The molecule has 1 aliphatic heterocycles. The average molecular weight is 203 g/mol. The minimum Gasteiger partial charge on any atom is -0.379 e. The highest BCUT2D eigenvalue weighted by molar-refractivity contribution is 7.80. The van der Waals surface area contributed by atoms with Gasteiger partial charge in [0.1, 0.15) is 0 Å². The Kier molecular flexibility index (Phi) is 4.59. The van der Waals surface area contributed by atoms with Gasteiger partial charge >= 0.3 is 0 Å². The van der Waals surface area contributed by atoms with Gasteiger partial charge in [0.05, 0.1) is 12.6 Å². The molecule has 1 fully saturated rings. The zero-order valence-corrected chi connectivity index (χ0v) is 8.93. The third kappa shape index (κ3) is 3.19. The first kappa shape index (κ1) is 10.9. The van der Waals surface area contributed by atoms with Gasteiger partial charge in [-0.2, -0.15) is 12.6 Å². The van der Waals surface area contributed by atoms with Gasteiger partial charge in [0.25, 0.3) is 0 Å². The fraction of sp³-hybridized carbons (Fsp3) is 0.889. The molecule has 1 rings (SSSR count). The van der Waals surface area contributed by atoms with Gasteiger partial charge in [0.15, 0.2) is 0 Å². The molecule has 1 aliphatic rings. The van der Waals surface area contributed by atoms with Crippen molar-refractivity contribution < 1.29 is 9.53 Å². The first-order chi connectivity index (χ1) is 6.25. The predicted octanol–water partition coefficient (Wildman–Crippen LogP) is 0.944. The molecule has 3 nitrogen and oxygen atoms in total. The number of nitrogens with zero attached hydrogens (tertiary/aromatic N) is 1. The Bertz CT molecular complexity index is 175. The van der Waals surface area contributed by atoms with Crippen molar-refractivity contribution in [2.24, 2.45) is 0 Å². The number of hydrogen-bond donors (Lipinski definition) is 1. The Morgan fingerprint density at radius 2 is 2.46 bits per heavy atom. The van der Waals surface area contributed by atoms with Crippen LogP contribution in [-0.4, -0.2) is 42.4 Å². The van der Waals surface area contributed by atoms with Crippen LogP contribution in [0.3, 0.4) is 0 Å². The van der Waals surface area contributed by atoms with E-state index in [1.807, 2.05) is 11.8 Å². The zero-order valence-electron chi connectivity index (χ0n) is 8.03. The second-order valence-electron chi connectivity index (χ2n) is 3.34. The van der Waals surface area contributed by atoms with Crippen molar-refractivity contribution in [2.75, 3.05) is 25.5 Å². The summed E-state index contributed by atoms with van der Waals surface area (Å²) in [6, 6.07) is 0.217. The topological polar surface area (TPSA) is 29.5 Å². The van der Waals surface area contributed by atoms with Crippen LogP contribution >= 0.6 is 12.6 Å². The molecule has 0 aliphatic carbocycles. The summed E-state index contributed by atoms with van der Waals surface area (Å²) in [5.41, 5.74) is 0. The molecule has 0 saturated carbocycles. The fourth-order valence-corrected chi connectivity index (χ4v) is 1.70.